The Labute approximate surface area is 456 Å². The van der Waals surface area contributed by atoms with E-state index >= 15 is 4.79 Å². The number of ketones is 1. The number of nitrogens with one attached hydrogen (secondary N) is 2. The van der Waals surface area contributed by atoms with Crippen LogP contribution < -0.4 is 16.4 Å². The third-order valence-corrected chi connectivity index (χ3v) is 25.4. The van der Waals surface area contributed by atoms with Gasteiger partial charge in [0.2, 0.25) is 0 Å². The predicted molar refractivity (Wildman–Crippen MR) is 301 cm³/mol. The van der Waals surface area contributed by atoms with Gasteiger partial charge in [-0.2, -0.15) is 0 Å². The van der Waals surface area contributed by atoms with E-state index in [-0.39, 0.29) is 65.1 Å². The molecule has 0 aromatic carbocycles. The molecule has 416 valence electrons. The van der Waals surface area contributed by atoms with Gasteiger partial charge >= 0.3 is 0 Å². The number of aliphatic hydroxyl groups is 5. The summed E-state index contributed by atoms with van der Waals surface area (Å²) in [7, 11) is 5.63. The molecule has 75 heavy (non-hydrogen) atoms. The van der Waals surface area contributed by atoms with E-state index in [0.717, 1.165) is 62.7 Å². The molecule has 7 fully saturated rings. The zero-order valence-corrected chi connectivity index (χ0v) is 48.1. The molecule has 18 unspecified atom stereocenters. The van der Waals surface area contributed by atoms with E-state index < -0.39 is 52.8 Å². The molecule has 0 amide bonds. The lowest BCUT2D eigenvalue weighted by Crippen LogP contribution is -2.68. The Hall–Kier alpha value is -2.17. The molecule has 1 saturated heterocycles. The molecule has 1 aromatic heterocycles. The highest BCUT2D eigenvalue weighted by atomic mass is 33.1. The van der Waals surface area contributed by atoms with Gasteiger partial charge in [-0.3, -0.25) is 9.79 Å². The molecule has 9 aliphatic carbocycles. The SMILES string of the molecule is CNCC1C(O)C(O)CC2(CCCC(C)C)C3C(=CC(=O)C12)C1(O)C2CSSCC(n4ccnc4)CC(C)(C)C4=C5CCCC6(CCCC6)C5C5=C6C(CCC5)CC(C(O)C64)C(C2)C1(C)CC3CN=C(N)NC(C)O. The molecule has 6 saturated carbocycles. The first-order chi connectivity index (χ1) is 35.8. The number of guanidine groups is 1. The fourth-order valence-corrected chi connectivity index (χ4v) is 23.3. The van der Waals surface area contributed by atoms with Crippen molar-refractivity contribution in [3.8, 4) is 0 Å². The van der Waals surface area contributed by atoms with Crippen molar-refractivity contribution in [2.24, 2.45) is 97.5 Å². The molecule has 1 aliphatic heterocycles. The van der Waals surface area contributed by atoms with Crippen molar-refractivity contribution in [2.45, 2.75) is 193 Å². The second kappa shape index (κ2) is 20.7. The van der Waals surface area contributed by atoms with E-state index in [1.54, 1.807) is 29.2 Å². The first kappa shape index (κ1) is 54.8. The lowest BCUT2D eigenvalue weighted by Gasteiger charge is -2.66. The Bertz CT molecular complexity index is 2410. The highest BCUT2D eigenvalue weighted by Crippen LogP contribution is 2.75. The van der Waals surface area contributed by atoms with E-state index in [1.807, 2.05) is 47.2 Å². The molecule has 1 spiro atoms. The summed E-state index contributed by atoms with van der Waals surface area (Å²) >= 11 is 0. The third-order valence-electron chi connectivity index (χ3n) is 22.9. The summed E-state index contributed by atoms with van der Waals surface area (Å²) in [6.07, 6.45) is 22.6. The highest BCUT2D eigenvalue weighted by molar-refractivity contribution is 8.76. The maximum atomic E-state index is 15.7. The number of rotatable bonds is 10. The fourth-order valence-electron chi connectivity index (χ4n) is 20.6. The smallest absolute Gasteiger partial charge is 0.190 e. The average molecular weight is 1070 g/mol. The van der Waals surface area contributed by atoms with E-state index in [2.05, 4.69) is 61.0 Å². The number of aliphatic hydroxyl groups excluding tert-OH is 4. The number of allylic oxidation sites excluding steroid dienone is 3. The summed E-state index contributed by atoms with van der Waals surface area (Å²) in [5.41, 5.74) is 11.2. The van der Waals surface area contributed by atoms with E-state index in [9.17, 15) is 25.5 Å². The van der Waals surface area contributed by atoms with Crippen LogP contribution in [0.25, 0.3) is 0 Å². The summed E-state index contributed by atoms with van der Waals surface area (Å²) in [6.45, 7) is 14.1. The maximum Gasteiger partial charge on any atom is 0.190 e. The van der Waals surface area contributed by atoms with Gasteiger partial charge in [0.15, 0.2) is 11.7 Å². The van der Waals surface area contributed by atoms with Gasteiger partial charge in [0.05, 0.1) is 30.2 Å². The van der Waals surface area contributed by atoms with Crippen LogP contribution in [0, 0.1) is 86.8 Å². The van der Waals surface area contributed by atoms with Crippen molar-refractivity contribution in [1.29, 1.82) is 0 Å². The summed E-state index contributed by atoms with van der Waals surface area (Å²) < 4.78 is 2.33. The van der Waals surface area contributed by atoms with Crippen molar-refractivity contribution < 1.29 is 30.3 Å². The number of nitrogens with zero attached hydrogens (tertiary/aromatic N) is 3. The molecule has 12 nitrogen and oxygen atoms in total. The molecule has 10 aliphatic rings. The molecular weight excluding hydrogens is 977 g/mol. The maximum absolute atomic E-state index is 15.7. The van der Waals surface area contributed by atoms with E-state index in [4.69, 9.17) is 10.7 Å². The summed E-state index contributed by atoms with van der Waals surface area (Å²) in [6, 6.07) is 0.174. The summed E-state index contributed by atoms with van der Waals surface area (Å²) in [5, 5.41) is 69.6. The minimum Gasteiger partial charge on any atom is -0.392 e. The van der Waals surface area contributed by atoms with Crippen LogP contribution in [-0.2, 0) is 4.79 Å². The summed E-state index contributed by atoms with van der Waals surface area (Å²) in [4.78, 5) is 25.3. The van der Waals surface area contributed by atoms with Gasteiger partial charge in [-0.1, -0.05) is 104 Å². The molecule has 0 radical (unpaired) electrons. The Morgan fingerprint density at radius 1 is 0.960 bits per heavy atom. The van der Waals surface area contributed by atoms with Gasteiger partial charge < -0.3 is 46.5 Å². The number of aliphatic imine (C=N–C) groups is 1. The normalized spacial score (nSPS) is 43.6. The number of carbonyl (C=O) groups is 1. The number of imidazole rings is 1. The van der Waals surface area contributed by atoms with E-state index in [0.29, 0.717) is 54.9 Å². The van der Waals surface area contributed by atoms with Crippen LogP contribution >= 0.6 is 21.6 Å². The monoisotopic (exact) mass is 1070 g/mol. The van der Waals surface area contributed by atoms with Gasteiger partial charge in [0.25, 0.3) is 0 Å². The minimum atomic E-state index is -1.40. The molecular formula is C61H94N6O6S2. The first-order valence-electron chi connectivity index (χ1n) is 29.9. The largest absolute Gasteiger partial charge is 0.392 e. The fraction of sp³-hybridized carbons (Fsp3) is 0.820. The second-order valence-electron chi connectivity index (χ2n) is 27.7. The lowest BCUT2D eigenvalue weighted by atomic mass is 9.39. The molecule has 18 atom stereocenters. The number of nitrogens with two attached hydrogens (primary N) is 1. The van der Waals surface area contributed by atoms with Crippen LogP contribution in [0.15, 0.2) is 57.7 Å². The van der Waals surface area contributed by atoms with Crippen LogP contribution in [0.3, 0.4) is 0 Å². The molecule has 11 rings (SSSR count). The predicted octanol–water partition coefficient (Wildman–Crippen LogP) is 9.15. The standard InChI is InChI=1S/C61H94N6O6S2/c1-34(2)13-11-20-60-28-47(70)54(71)43(30-63-7)52(60)46(69)25-45-50(60)37(29-65-56(62)66-35(3)68)26-58(6)44-24-38(61(45,58)73)31-74-75-32-39(67-22-21-64-33-67)27-57(4,5)53-41-16-12-19-59(17-8-9-18-59)51(41)40-15-10-14-36-23-42(44)55(72)49(53)48(36)40/h21-22,25,33-39,42-44,47,49-52,54-55,63,68,70-73H,8-20,23-24,26-32H2,1-7H3,(H3,62,65,66). The van der Waals surface area contributed by atoms with Gasteiger partial charge in [-0.15, -0.1) is 0 Å². The number of hydrogen-bond donors (Lipinski definition) is 8. The van der Waals surface area contributed by atoms with E-state index in [1.165, 1.54) is 44.9 Å². The molecule has 1 aromatic rings. The van der Waals surface area contributed by atoms with Gasteiger partial charge in [-0.25, -0.2) is 4.98 Å². The third kappa shape index (κ3) is 8.86. The van der Waals surface area contributed by atoms with Crippen molar-refractivity contribution in [2.75, 3.05) is 31.6 Å². The van der Waals surface area contributed by atoms with Crippen LogP contribution in [0.2, 0.25) is 0 Å². The Balaban J connectivity index is 1.10. The second-order valence-corrected chi connectivity index (χ2v) is 30.3. The van der Waals surface area contributed by atoms with Crippen LogP contribution in [0.1, 0.15) is 163 Å². The summed E-state index contributed by atoms with van der Waals surface area (Å²) in [5.74, 6) is 0.934. The van der Waals surface area contributed by atoms with Crippen molar-refractivity contribution >= 4 is 33.3 Å². The topological polar surface area (TPSA) is 198 Å². The van der Waals surface area contributed by atoms with Crippen molar-refractivity contribution in [1.82, 2.24) is 20.2 Å². The van der Waals surface area contributed by atoms with Crippen LogP contribution in [0.5, 0.6) is 0 Å². The minimum absolute atomic E-state index is 0.0458. The number of aromatic nitrogens is 2. The number of carbonyl (C=O) groups excluding carboxylic acids is 1. The van der Waals surface area contributed by atoms with Crippen LogP contribution in [0.4, 0.5) is 0 Å². The van der Waals surface area contributed by atoms with Crippen LogP contribution in [-0.4, -0.2) is 109 Å². The number of hydrogen-bond acceptors (Lipinski definition) is 11. The molecule has 4 bridgehead atoms. The first-order valence-corrected chi connectivity index (χ1v) is 32.4. The lowest BCUT2D eigenvalue weighted by molar-refractivity contribution is -0.190. The zero-order valence-electron chi connectivity index (χ0n) is 46.5. The Kier molecular flexibility index (Phi) is 15.1. The zero-order chi connectivity index (χ0) is 53.0. The van der Waals surface area contributed by atoms with Gasteiger partial charge in [0, 0.05) is 78.0 Å². The highest BCUT2D eigenvalue weighted by Gasteiger charge is 2.74. The molecule has 14 heteroatoms. The van der Waals surface area contributed by atoms with Crippen molar-refractivity contribution in [3.63, 3.8) is 0 Å². The average Bonchev–Trinajstić information content (AvgIpc) is 4.21. The Morgan fingerprint density at radius 2 is 1.71 bits per heavy atom. The Morgan fingerprint density at radius 3 is 2.43 bits per heavy atom. The molecule has 2 heterocycles. The van der Waals surface area contributed by atoms with Gasteiger partial charge in [0.1, 0.15) is 6.23 Å². The molecule has 9 N–H and O–H groups in total. The number of fused-ring (bicyclic) bond motifs is 14. The quantitative estimate of drug-likeness (QED) is 0.0364. The van der Waals surface area contributed by atoms with Gasteiger partial charge in [-0.05, 0) is 167 Å². The van der Waals surface area contributed by atoms with Crippen molar-refractivity contribution in [3.05, 3.63) is 52.7 Å².